The fourth-order valence-corrected chi connectivity index (χ4v) is 2.11. The Hall–Kier alpha value is -0.700. The summed E-state index contributed by atoms with van der Waals surface area (Å²) in [5, 5.41) is 11.1. The molecular weight excluding hydrogens is 385 g/mol. The first-order valence-electron chi connectivity index (χ1n) is 4.70. The molecule has 8 heteroatoms. The molecule has 1 atom stereocenters. The predicted molar refractivity (Wildman–Crippen MR) is 69.8 cm³/mol. The predicted octanol–water partition coefficient (Wildman–Crippen LogP) is 3.62. The third-order valence-corrected chi connectivity index (χ3v) is 3.10. The molecule has 0 aliphatic heterocycles. The van der Waals surface area contributed by atoms with Crippen LogP contribution in [0.3, 0.4) is 0 Å². The third kappa shape index (κ3) is 4.20. The van der Waals surface area contributed by atoms with Gasteiger partial charge in [0.1, 0.15) is 0 Å². The number of nitrogens with one attached hydrogen (secondary N) is 1. The number of hydrogen-bond acceptors (Lipinski definition) is 2. The van der Waals surface area contributed by atoms with Gasteiger partial charge in [0, 0.05) is 10.1 Å². The highest BCUT2D eigenvalue weighted by Gasteiger charge is 2.44. The minimum absolute atomic E-state index is 0.244. The second-order valence-electron chi connectivity index (χ2n) is 3.44. The van der Waals surface area contributed by atoms with Gasteiger partial charge in [0.2, 0.25) is 0 Å². The fourth-order valence-electron chi connectivity index (χ4n) is 1.19. The minimum Gasteiger partial charge on any atom is -0.481 e. The second-order valence-corrected chi connectivity index (χ2v) is 5.09. The standard InChI is InChI=1S/C10H8ClF3INO2/c11-7-3-5(15)1-2-8(7)16-4-6(9(17)18)10(12,13)14/h1-3,6,16H,4H2,(H,17,18). The van der Waals surface area contributed by atoms with Crippen LogP contribution in [0, 0.1) is 9.49 Å². The zero-order chi connectivity index (χ0) is 13.9. The average Bonchev–Trinajstić information content (AvgIpc) is 2.18. The fraction of sp³-hybridized carbons (Fsp3) is 0.300. The van der Waals surface area contributed by atoms with E-state index in [1.165, 1.54) is 6.07 Å². The van der Waals surface area contributed by atoms with Crippen molar-refractivity contribution in [2.75, 3.05) is 11.9 Å². The summed E-state index contributed by atoms with van der Waals surface area (Å²) in [6, 6.07) is 4.71. The van der Waals surface area contributed by atoms with Crippen LogP contribution in [0.5, 0.6) is 0 Å². The van der Waals surface area contributed by atoms with E-state index in [0.29, 0.717) is 0 Å². The van der Waals surface area contributed by atoms with Crippen molar-refractivity contribution < 1.29 is 23.1 Å². The van der Waals surface area contributed by atoms with Crippen molar-refractivity contribution in [3.63, 3.8) is 0 Å². The molecule has 3 nitrogen and oxygen atoms in total. The molecule has 0 spiro atoms. The number of halogens is 5. The van der Waals surface area contributed by atoms with E-state index in [4.69, 9.17) is 16.7 Å². The first-order valence-corrected chi connectivity index (χ1v) is 6.16. The lowest BCUT2D eigenvalue weighted by Gasteiger charge is -2.17. The van der Waals surface area contributed by atoms with Crippen LogP contribution >= 0.6 is 34.2 Å². The van der Waals surface area contributed by atoms with Gasteiger partial charge >= 0.3 is 12.1 Å². The van der Waals surface area contributed by atoms with Gasteiger partial charge in [-0.15, -0.1) is 0 Å². The number of carboxylic acids is 1. The number of hydrogen-bond donors (Lipinski definition) is 2. The SMILES string of the molecule is O=C(O)C(CNc1ccc(I)cc1Cl)C(F)(F)F. The second kappa shape index (κ2) is 5.96. The Morgan fingerprint density at radius 2 is 2.11 bits per heavy atom. The first-order chi connectivity index (χ1) is 8.21. The van der Waals surface area contributed by atoms with Crippen LogP contribution in [-0.4, -0.2) is 23.8 Å². The molecule has 1 aromatic carbocycles. The molecule has 0 aliphatic carbocycles. The van der Waals surface area contributed by atoms with E-state index in [9.17, 15) is 18.0 Å². The van der Waals surface area contributed by atoms with Crippen LogP contribution in [0.15, 0.2) is 18.2 Å². The summed E-state index contributed by atoms with van der Waals surface area (Å²) in [6.07, 6.45) is -4.80. The zero-order valence-electron chi connectivity index (χ0n) is 8.76. The number of benzene rings is 1. The monoisotopic (exact) mass is 393 g/mol. The number of rotatable bonds is 4. The van der Waals surface area contributed by atoms with Gasteiger partial charge in [-0.25, -0.2) is 0 Å². The van der Waals surface area contributed by atoms with E-state index < -0.39 is 24.6 Å². The number of alkyl halides is 3. The molecule has 2 N–H and O–H groups in total. The van der Waals surface area contributed by atoms with E-state index in [2.05, 4.69) is 5.32 Å². The molecule has 100 valence electrons. The van der Waals surface area contributed by atoms with Crippen LogP contribution in [0.25, 0.3) is 0 Å². The van der Waals surface area contributed by atoms with Crippen LogP contribution < -0.4 is 5.32 Å². The quantitative estimate of drug-likeness (QED) is 0.768. The summed E-state index contributed by atoms with van der Waals surface area (Å²) in [5.74, 6) is -4.38. The molecule has 1 rings (SSSR count). The molecule has 1 aromatic rings. The largest absolute Gasteiger partial charge is 0.481 e. The maximum absolute atomic E-state index is 12.4. The Balaban J connectivity index is 2.77. The van der Waals surface area contributed by atoms with Gasteiger partial charge in [-0.1, -0.05) is 11.6 Å². The van der Waals surface area contributed by atoms with Crippen molar-refractivity contribution in [3.8, 4) is 0 Å². The van der Waals surface area contributed by atoms with E-state index >= 15 is 0 Å². The molecule has 0 amide bonds. The van der Waals surface area contributed by atoms with Crippen molar-refractivity contribution in [3.05, 3.63) is 26.8 Å². The normalized spacial score (nSPS) is 13.2. The lowest BCUT2D eigenvalue weighted by Crippen LogP contribution is -2.36. The Labute approximate surface area is 119 Å². The summed E-state index contributed by atoms with van der Waals surface area (Å²) in [5.41, 5.74) is 0.271. The molecule has 0 heterocycles. The Morgan fingerprint density at radius 1 is 1.50 bits per heavy atom. The number of aliphatic carboxylic acids is 1. The molecule has 0 aromatic heterocycles. The van der Waals surface area contributed by atoms with Crippen molar-refractivity contribution in [1.29, 1.82) is 0 Å². The van der Waals surface area contributed by atoms with Gasteiger partial charge in [-0.05, 0) is 40.8 Å². The highest BCUT2D eigenvalue weighted by molar-refractivity contribution is 14.1. The van der Waals surface area contributed by atoms with Crippen molar-refractivity contribution >= 4 is 45.8 Å². The summed E-state index contributed by atoms with van der Waals surface area (Å²) >= 11 is 7.81. The molecule has 0 aliphatic rings. The highest BCUT2D eigenvalue weighted by Crippen LogP contribution is 2.29. The lowest BCUT2D eigenvalue weighted by atomic mass is 10.1. The van der Waals surface area contributed by atoms with E-state index in [-0.39, 0.29) is 10.7 Å². The molecular formula is C10H8ClF3INO2. The van der Waals surface area contributed by atoms with Gasteiger partial charge in [0.15, 0.2) is 5.92 Å². The maximum Gasteiger partial charge on any atom is 0.403 e. The Bertz CT molecular complexity index is 453. The maximum atomic E-state index is 12.4. The first kappa shape index (κ1) is 15.4. The molecule has 18 heavy (non-hydrogen) atoms. The molecule has 1 unspecified atom stereocenters. The topological polar surface area (TPSA) is 49.3 Å². The Kier molecular flexibility index (Phi) is 5.09. The van der Waals surface area contributed by atoms with Gasteiger partial charge in [0.25, 0.3) is 0 Å². The number of carboxylic acid groups (broad SMARTS) is 1. The van der Waals surface area contributed by atoms with Crippen LogP contribution in [-0.2, 0) is 4.79 Å². The number of carbonyl (C=O) groups is 1. The molecule has 0 saturated heterocycles. The minimum atomic E-state index is -4.80. The van der Waals surface area contributed by atoms with E-state index in [1.807, 2.05) is 22.6 Å². The Morgan fingerprint density at radius 3 is 2.56 bits per heavy atom. The van der Waals surface area contributed by atoms with Crippen LogP contribution in [0.4, 0.5) is 18.9 Å². The van der Waals surface area contributed by atoms with Crippen molar-refractivity contribution in [1.82, 2.24) is 0 Å². The van der Waals surface area contributed by atoms with Gasteiger partial charge < -0.3 is 10.4 Å². The third-order valence-electron chi connectivity index (χ3n) is 2.12. The number of anilines is 1. The van der Waals surface area contributed by atoms with Gasteiger partial charge in [0.05, 0.1) is 10.7 Å². The zero-order valence-corrected chi connectivity index (χ0v) is 11.7. The highest BCUT2D eigenvalue weighted by atomic mass is 127. The lowest BCUT2D eigenvalue weighted by molar-refractivity contribution is -0.190. The van der Waals surface area contributed by atoms with Crippen LogP contribution in [0.2, 0.25) is 5.02 Å². The van der Waals surface area contributed by atoms with E-state index in [1.54, 1.807) is 12.1 Å². The van der Waals surface area contributed by atoms with Gasteiger partial charge in [-0.2, -0.15) is 13.2 Å². The molecule has 0 radical (unpaired) electrons. The summed E-state index contributed by atoms with van der Waals surface area (Å²) in [7, 11) is 0. The molecule has 0 fully saturated rings. The van der Waals surface area contributed by atoms with E-state index in [0.717, 1.165) is 3.57 Å². The van der Waals surface area contributed by atoms with Crippen LogP contribution in [0.1, 0.15) is 0 Å². The summed E-state index contributed by atoms with van der Waals surface area (Å²) in [6.45, 7) is -0.765. The summed E-state index contributed by atoms with van der Waals surface area (Å²) < 4.78 is 38.0. The smallest absolute Gasteiger partial charge is 0.403 e. The van der Waals surface area contributed by atoms with Crippen molar-refractivity contribution in [2.24, 2.45) is 5.92 Å². The van der Waals surface area contributed by atoms with Crippen molar-refractivity contribution in [2.45, 2.75) is 6.18 Å². The average molecular weight is 394 g/mol. The van der Waals surface area contributed by atoms with Gasteiger partial charge in [-0.3, -0.25) is 4.79 Å². The molecule has 0 bridgehead atoms. The molecule has 0 saturated carbocycles. The summed E-state index contributed by atoms with van der Waals surface area (Å²) in [4.78, 5) is 10.5.